The normalized spacial score (nSPS) is 12.7. The van der Waals surface area contributed by atoms with Crippen molar-refractivity contribution in [3.05, 3.63) is 187 Å². The summed E-state index contributed by atoms with van der Waals surface area (Å²) in [7, 11) is 0. The molecular weight excluding hydrogens is 555 g/mol. The maximum absolute atomic E-state index is 2.47. The van der Waals surface area contributed by atoms with Crippen LogP contribution in [0.2, 0.25) is 0 Å². The first-order valence-corrected chi connectivity index (χ1v) is 16.0. The maximum Gasteiger partial charge on any atom is 0.0543 e. The van der Waals surface area contributed by atoms with Crippen LogP contribution in [-0.2, 0) is 5.41 Å². The highest BCUT2D eigenvalue weighted by Gasteiger charge is 2.38. The average Bonchev–Trinajstić information content (AvgIpc) is 3.35. The first-order valence-electron chi connectivity index (χ1n) is 16.0. The molecule has 0 bridgehead atoms. The molecule has 1 nitrogen and oxygen atoms in total. The van der Waals surface area contributed by atoms with Crippen molar-refractivity contribution in [2.24, 2.45) is 0 Å². The van der Waals surface area contributed by atoms with E-state index in [0.717, 1.165) is 11.4 Å². The Kier molecular flexibility index (Phi) is 6.88. The lowest BCUT2D eigenvalue weighted by atomic mass is 9.81. The Balaban J connectivity index is 1.42. The van der Waals surface area contributed by atoms with Crippen LogP contribution < -0.4 is 4.90 Å². The third-order valence-corrected chi connectivity index (χ3v) is 9.45. The second-order valence-corrected chi connectivity index (χ2v) is 12.6. The second-order valence-electron chi connectivity index (χ2n) is 12.6. The fourth-order valence-electron chi connectivity index (χ4n) is 7.17. The van der Waals surface area contributed by atoms with Crippen molar-refractivity contribution in [2.45, 2.75) is 19.3 Å². The summed E-state index contributed by atoms with van der Waals surface area (Å²) in [5.74, 6) is 0. The molecule has 0 aromatic heterocycles. The van der Waals surface area contributed by atoms with Crippen molar-refractivity contribution in [2.75, 3.05) is 4.90 Å². The van der Waals surface area contributed by atoms with Gasteiger partial charge in [0.25, 0.3) is 0 Å². The second kappa shape index (κ2) is 11.4. The largest absolute Gasteiger partial charge is 0.310 e. The van der Waals surface area contributed by atoms with E-state index in [9.17, 15) is 0 Å². The lowest BCUT2D eigenvalue weighted by molar-refractivity contribution is 0.660. The summed E-state index contributed by atoms with van der Waals surface area (Å²) in [6.45, 7) is 4.75. The molecule has 0 fully saturated rings. The summed E-state index contributed by atoms with van der Waals surface area (Å²) in [4.78, 5) is 2.44. The van der Waals surface area contributed by atoms with E-state index < -0.39 is 0 Å². The van der Waals surface area contributed by atoms with E-state index in [-0.39, 0.29) is 5.41 Å². The molecule has 0 heterocycles. The van der Waals surface area contributed by atoms with E-state index >= 15 is 0 Å². The Morgan fingerprint density at radius 2 is 0.891 bits per heavy atom. The summed E-state index contributed by atoms with van der Waals surface area (Å²) in [6, 6.07) is 63.8. The number of fused-ring (bicyclic) bond motifs is 3. The SMILES string of the molecule is CC1(C)c2cc(N(c3ccccc3)c3cccc(-c4ccccc4)c3)c(-c3ccccc3)cc2-c2c(-c3ccccc3)cccc21. The topological polar surface area (TPSA) is 3.24 Å². The van der Waals surface area contributed by atoms with Crippen molar-refractivity contribution < 1.29 is 0 Å². The lowest BCUT2D eigenvalue weighted by Gasteiger charge is -2.30. The highest BCUT2D eigenvalue weighted by atomic mass is 15.1. The molecule has 7 aromatic rings. The molecule has 0 amide bonds. The molecule has 0 spiro atoms. The molecule has 1 aliphatic carbocycles. The van der Waals surface area contributed by atoms with Gasteiger partial charge in [0.1, 0.15) is 0 Å². The van der Waals surface area contributed by atoms with E-state index in [4.69, 9.17) is 0 Å². The average molecular weight is 590 g/mol. The Morgan fingerprint density at radius 1 is 0.370 bits per heavy atom. The first-order chi connectivity index (χ1) is 22.6. The molecule has 1 aliphatic rings. The van der Waals surface area contributed by atoms with Gasteiger partial charge in [-0.1, -0.05) is 153 Å². The number of benzene rings is 7. The van der Waals surface area contributed by atoms with Crippen LogP contribution in [0.15, 0.2) is 176 Å². The molecule has 46 heavy (non-hydrogen) atoms. The third kappa shape index (κ3) is 4.73. The molecule has 8 rings (SSSR count). The molecule has 0 atom stereocenters. The van der Waals surface area contributed by atoms with Gasteiger partial charge in [0.2, 0.25) is 0 Å². The van der Waals surface area contributed by atoms with Crippen molar-refractivity contribution >= 4 is 17.1 Å². The van der Waals surface area contributed by atoms with E-state index in [0.29, 0.717) is 0 Å². The minimum absolute atomic E-state index is 0.173. The van der Waals surface area contributed by atoms with Gasteiger partial charge in [-0.25, -0.2) is 0 Å². The van der Waals surface area contributed by atoms with Crippen molar-refractivity contribution in [1.82, 2.24) is 0 Å². The van der Waals surface area contributed by atoms with Crippen molar-refractivity contribution in [1.29, 1.82) is 0 Å². The zero-order chi connectivity index (χ0) is 31.1. The Labute approximate surface area is 272 Å². The highest BCUT2D eigenvalue weighted by Crippen LogP contribution is 2.55. The molecule has 0 saturated carbocycles. The van der Waals surface area contributed by atoms with Gasteiger partial charge < -0.3 is 4.90 Å². The predicted molar refractivity (Wildman–Crippen MR) is 195 cm³/mol. The zero-order valence-electron chi connectivity index (χ0n) is 26.2. The fraction of sp³-hybridized carbons (Fsp3) is 0.0667. The van der Waals surface area contributed by atoms with Crippen LogP contribution in [0.3, 0.4) is 0 Å². The van der Waals surface area contributed by atoms with Crippen LogP contribution in [0.5, 0.6) is 0 Å². The van der Waals surface area contributed by atoms with Crippen LogP contribution in [0, 0.1) is 0 Å². The van der Waals surface area contributed by atoms with Crippen LogP contribution in [0.1, 0.15) is 25.0 Å². The highest BCUT2D eigenvalue weighted by molar-refractivity contribution is 5.99. The number of hydrogen-bond acceptors (Lipinski definition) is 1. The molecule has 0 unspecified atom stereocenters. The monoisotopic (exact) mass is 589 g/mol. The van der Waals surface area contributed by atoms with Crippen molar-refractivity contribution in [3.63, 3.8) is 0 Å². The van der Waals surface area contributed by atoms with E-state index in [1.165, 1.54) is 61.3 Å². The standard InChI is InChI=1S/C45H35N/c1-45(2)41-28-16-27-38(33-19-9-4-10-20-33)44(41)40-30-39(34-21-11-5-12-22-34)43(31-42(40)45)46(36-24-13-6-14-25-36)37-26-15-23-35(29-37)32-17-7-3-8-18-32/h3-31H,1-2H3. The summed E-state index contributed by atoms with van der Waals surface area (Å²) in [5, 5.41) is 0. The molecule has 0 N–H and O–H groups in total. The molecule has 0 aliphatic heterocycles. The molecular formula is C45H35N. The van der Waals surface area contributed by atoms with Crippen LogP contribution in [-0.4, -0.2) is 0 Å². The summed E-state index contributed by atoms with van der Waals surface area (Å²) in [5.41, 5.74) is 16.0. The Hall–Kier alpha value is -5.66. The van der Waals surface area contributed by atoms with Gasteiger partial charge in [0, 0.05) is 22.4 Å². The lowest BCUT2D eigenvalue weighted by Crippen LogP contribution is -2.17. The van der Waals surface area contributed by atoms with Crippen molar-refractivity contribution in [3.8, 4) is 44.5 Å². The quantitative estimate of drug-likeness (QED) is 0.186. The molecule has 7 aromatic carbocycles. The number of nitrogens with zero attached hydrogens (tertiary/aromatic N) is 1. The smallest absolute Gasteiger partial charge is 0.0543 e. The van der Waals surface area contributed by atoms with E-state index in [2.05, 4.69) is 195 Å². The van der Waals surface area contributed by atoms with Crippen LogP contribution in [0.4, 0.5) is 17.1 Å². The van der Waals surface area contributed by atoms with Gasteiger partial charge in [0.15, 0.2) is 0 Å². The molecule has 0 radical (unpaired) electrons. The third-order valence-electron chi connectivity index (χ3n) is 9.45. The minimum Gasteiger partial charge on any atom is -0.310 e. The summed E-state index contributed by atoms with van der Waals surface area (Å²) >= 11 is 0. The number of hydrogen-bond donors (Lipinski definition) is 0. The van der Waals surface area contributed by atoms with Crippen LogP contribution >= 0.6 is 0 Å². The zero-order valence-corrected chi connectivity index (χ0v) is 26.2. The van der Waals surface area contributed by atoms with Gasteiger partial charge in [0.05, 0.1) is 5.69 Å². The summed E-state index contributed by atoms with van der Waals surface area (Å²) < 4.78 is 0. The van der Waals surface area contributed by atoms with E-state index in [1.54, 1.807) is 0 Å². The van der Waals surface area contributed by atoms with E-state index in [1.807, 2.05) is 0 Å². The molecule has 220 valence electrons. The Bertz CT molecular complexity index is 2150. The maximum atomic E-state index is 2.47. The Morgan fingerprint density at radius 3 is 1.54 bits per heavy atom. The molecule has 1 heteroatoms. The molecule has 0 saturated heterocycles. The van der Waals surface area contributed by atoms with Crippen LogP contribution in [0.25, 0.3) is 44.5 Å². The number of rotatable bonds is 6. The predicted octanol–water partition coefficient (Wildman–Crippen LogP) is 12.5. The van der Waals surface area contributed by atoms with Gasteiger partial charge in [-0.15, -0.1) is 0 Å². The van der Waals surface area contributed by atoms with Gasteiger partial charge in [-0.3, -0.25) is 0 Å². The van der Waals surface area contributed by atoms with Gasteiger partial charge >= 0.3 is 0 Å². The van der Waals surface area contributed by atoms with Gasteiger partial charge in [-0.05, 0) is 86.5 Å². The van der Waals surface area contributed by atoms with Gasteiger partial charge in [-0.2, -0.15) is 0 Å². The minimum atomic E-state index is -0.173. The number of anilines is 3. The first kappa shape index (κ1) is 27.9. The fourth-order valence-corrected chi connectivity index (χ4v) is 7.17. The number of para-hydroxylation sites is 1. The summed E-state index contributed by atoms with van der Waals surface area (Å²) in [6.07, 6.45) is 0.